The molecule has 0 unspecified atom stereocenters. The lowest BCUT2D eigenvalue weighted by Crippen LogP contribution is -2.04. The molecule has 2 N–H and O–H groups in total. The first-order valence-electron chi connectivity index (χ1n) is 5.08. The van der Waals surface area contributed by atoms with Crippen LogP contribution in [0.15, 0.2) is 4.60 Å². The quantitative estimate of drug-likeness (QED) is 0.882. The number of hydrogen-bond acceptors (Lipinski definition) is 3. The lowest BCUT2D eigenvalue weighted by atomic mass is 10.2. The molecule has 0 bridgehead atoms. The van der Waals surface area contributed by atoms with Crippen molar-refractivity contribution in [3.05, 3.63) is 16.0 Å². The van der Waals surface area contributed by atoms with E-state index in [9.17, 15) is 0 Å². The van der Waals surface area contributed by atoms with Gasteiger partial charge in [0.2, 0.25) is 0 Å². The standard InChI is InChI=1S/C10H12BrN3/c11-9-7(5-1-2-5)14-10(12)8(13-9)6-3-4-6/h5-6H,1-4H2,(H2,12,14). The summed E-state index contributed by atoms with van der Waals surface area (Å²) in [5.41, 5.74) is 7.97. The zero-order valence-electron chi connectivity index (χ0n) is 7.83. The van der Waals surface area contributed by atoms with E-state index >= 15 is 0 Å². The molecular formula is C10H12BrN3. The molecule has 74 valence electrons. The van der Waals surface area contributed by atoms with E-state index in [4.69, 9.17) is 5.73 Å². The van der Waals surface area contributed by atoms with Crippen LogP contribution in [0, 0.1) is 0 Å². The molecule has 2 aliphatic rings. The molecule has 4 heteroatoms. The molecule has 3 rings (SSSR count). The summed E-state index contributed by atoms with van der Waals surface area (Å²) in [4.78, 5) is 8.99. The zero-order valence-corrected chi connectivity index (χ0v) is 9.42. The highest BCUT2D eigenvalue weighted by molar-refractivity contribution is 9.10. The van der Waals surface area contributed by atoms with Crippen LogP contribution in [0.25, 0.3) is 0 Å². The van der Waals surface area contributed by atoms with Crippen molar-refractivity contribution in [1.82, 2.24) is 9.97 Å². The maximum Gasteiger partial charge on any atom is 0.145 e. The first-order valence-corrected chi connectivity index (χ1v) is 5.88. The Morgan fingerprint density at radius 1 is 1.00 bits per heavy atom. The lowest BCUT2D eigenvalue weighted by Gasteiger charge is -2.07. The summed E-state index contributed by atoms with van der Waals surface area (Å²) in [5.74, 6) is 1.83. The van der Waals surface area contributed by atoms with E-state index < -0.39 is 0 Å². The van der Waals surface area contributed by atoms with Crippen molar-refractivity contribution in [3.8, 4) is 0 Å². The van der Waals surface area contributed by atoms with Crippen LogP contribution in [0.3, 0.4) is 0 Å². The van der Waals surface area contributed by atoms with E-state index in [0.717, 1.165) is 16.0 Å². The largest absolute Gasteiger partial charge is 0.382 e. The maximum absolute atomic E-state index is 5.90. The number of nitrogens with zero attached hydrogens (tertiary/aromatic N) is 2. The van der Waals surface area contributed by atoms with Gasteiger partial charge in [-0.1, -0.05) is 0 Å². The second-order valence-electron chi connectivity index (χ2n) is 4.22. The second-order valence-corrected chi connectivity index (χ2v) is 4.97. The molecule has 0 aromatic carbocycles. The molecule has 1 heterocycles. The van der Waals surface area contributed by atoms with Gasteiger partial charge in [0.05, 0.1) is 11.4 Å². The monoisotopic (exact) mass is 253 g/mol. The van der Waals surface area contributed by atoms with Gasteiger partial charge >= 0.3 is 0 Å². The number of anilines is 1. The van der Waals surface area contributed by atoms with Gasteiger partial charge in [0.1, 0.15) is 10.4 Å². The Kier molecular flexibility index (Phi) is 1.81. The van der Waals surface area contributed by atoms with E-state index in [1.165, 1.54) is 25.7 Å². The highest BCUT2D eigenvalue weighted by Gasteiger charge is 2.32. The Morgan fingerprint density at radius 3 is 2.14 bits per heavy atom. The first kappa shape index (κ1) is 8.65. The number of nitrogens with two attached hydrogens (primary N) is 1. The van der Waals surface area contributed by atoms with Crippen molar-refractivity contribution in [1.29, 1.82) is 0 Å². The topological polar surface area (TPSA) is 51.8 Å². The molecule has 2 fully saturated rings. The van der Waals surface area contributed by atoms with Crippen LogP contribution in [0.2, 0.25) is 0 Å². The van der Waals surface area contributed by atoms with Crippen molar-refractivity contribution >= 4 is 21.7 Å². The molecule has 0 amide bonds. The van der Waals surface area contributed by atoms with Gasteiger partial charge in [0.15, 0.2) is 0 Å². The van der Waals surface area contributed by atoms with Crippen molar-refractivity contribution in [2.24, 2.45) is 0 Å². The summed E-state index contributed by atoms with van der Waals surface area (Å²) < 4.78 is 0.913. The Bertz CT molecular complexity index is 345. The SMILES string of the molecule is Nc1nc(C2CC2)c(Br)nc1C1CC1. The smallest absolute Gasteiger partial charge is 0.145 e. The third-order valence-corrected chi connectivity index (χ3v) is 3.44. The number of nitrogen functional groups attached to an aromatic ring is 1. The summed E-state index contributed by atoms with van der Waals surface area (Å²) in [6.45, 7) is 0. The first-order chi connectivity index (χ1) is 6.75. The molecule has 2 aliphatic carbocycles. The van der Waals surface area contributed by atoms with Crippen LogP contribution < -0.4 is 5.73 Å². The van der Waals surface area contributed by atoms with Gasteiger partial charge in [-0.3, -0.25) is 0 Å². The van der Waals surface area contributed by atoms with E-state index in [-0.39, 0.29) is 0 Å². The summed E-state index contributed by atoms with van der Waals surface area (Å²) in [6, 6.07) is 0. The molecule has 0 radical (unpaired) electrons. The maximum atomic E-state index is 5.90. The Morgan fingerprint density at radius 2 is 1.57 bits per heavy atom. The predicted octanol–water partition coefficient (Wildman–Crippen LogP) is 2.58. The van der Waals surface area contributed by atoms with Crippen molar-refractivity contribution in [2.45, 2.75) is 37.5 Å². The van der Waals surface area contributed by atoms with Crippen LogP contribution >= 0.6 is 15.9 Å². The van der Waals surface area contributed by atoms with Gasteiger partial charge in [-0.05, 0) is 41.6 Å². The molecule has 0 saturated heterocycles. The molecular weight excluding hydrogens is 242 g/mol. The fourth-order valence-corrected chi connectivity index (χ4v) is 2.33. The van der Waals surface area contributed by atoms with Crippen molar-refractivity contribution in [2.75, 3.05) is 5.73 Å². The summed E-state index contributed by atoms with van der Waals surface area (Å²) in [7, 11) is 0. The molecule has 1 aromatic rings. The van der Waals surface area contributed by atoms with Crippen LogP contribution in [-0.4, -0.2) is 9.97 Å². The molecule has 0 spiro atoms. The van der Waals surface area contributed by atoms with Crippen LogP contribution in [-0.2, 0) is 0 Å². The number of rotatable bonds is 2. The van der Waals surface area contributed by atoms with Gasteiger partial charge in [-0.25, -0.2) is 9.97 Å². The molecule has 14 heavy (non-hydrogen) atoms. The van der Waals surface area contributed by atoms with E-state index in [2.05, 4.69) is 25.9 Å². The zero-order chi connectivity index (χ0) is 9.71. The summed E-state index contributed by atoms with van der Waals surface area (Å²) in [6.07, 6.45) is 4.90. The average Bonchev–Trinajstić information content (AvgIpc) is 3.03. The molecule has 3 nitrogen and oxygen atoms in total. The van der Waals surface area contributed by atoms with Gasteiger partial charge in [0, 0.05) is 11.8 Å². The third-order valence-electron chi connectivity index (χ3n) is 2.86. The minimum Gasteiger partial charge on any atom is -0.382 e. The Labute approximate surface area is 91.3 Å². The third kappa shape index (κ3) is 1.41. The van der Waals surface area contributed by atoms with Crippen LogP contribution in [0.5, 0.6) is 0 Å². The fourth-order valence-electron chi connectivity index (χ4n) is 1.73. The number of hydrogen-bond donors (Lipinski definition) is 1. The normalized spacial score (nSPS) is 21.2. The van der Waals surface area contributed by atoms with Gasteiger partial charge in [-0.2, -0.15) is 0 Å². The molecule has 0 aliphatic heterocycles. The van der Waals surface area contributed by atoms with E-state index in [1.807, 2.05) is 0 Å². The molecule has 1 aromatic heterocycles. The Hall–Kier alpha value is -0.640. The minimum atomic E-state index is 0.576. The van der Waals surface area contributed by atoms with Gasteiger partial charge in [-0.15, -0.1) is 0 Å². The molecule has 0 atom stereocenters. The van der Waals surface area contributed by atoms with Crippen LogP contribution in [0.4, 0.5) is 5.82 Å². The molecule has 2 saturated carbocycles. The summed E-state index contributed by atoms with van der Waals surface area (Å²) >= 11 is 3.49. The van der Waals surface area contributed by atoms with E-state index in [0.29, 0.717) is 17.7 Å². The minimum absolute atomic E-state index is 0.576. The van der Waals surface area contributed by atoms with Crippen molar-refractivity contribution < 1.29 is 0 Å². The lowest BCUT2D eigenvalue weighted by molar-refractivity contribution is 0.913. The predicted molar refractivity (Wildman–Crippen MR) is 58.1 cm³/mol. The Balaban J connectivity index is 2.03. The average molecular weight is 254 g/mol. The van der Waals surface area contributed by atoms with Crippen molar-refractivity contribution in [3.63, 3.8) is 0 Å². The number of halogens is 1. The second kappa shape index (κ2) is 2.92. The fraction of sp³-hybridized carbons (Fsp3) is 0.600. The highest BCUT2D eigenvalue weighted by Crippen LogP contribution is 2.45. The van der Waals surface area contributed by atoms with E-state index in [1.54, 1.807) is 0 Å². The van der Waals surface area contributed by atoms with Gasteiger partial charge < -0.3 is 5.73 Å². The summed E-state index contributed by atoms with van der Waals surface area (Å²) in [5, 5.41) is 0. The number of aromatic nitrogens is 2. The van der Waals surface area contributed by atoms with Crippen LogP contribution in [0.1, 0.15) is 48.9 Å². The highest BCUT2D eigenvalue weighted by atomic mass is 79.9. The van der Waals surface area contributed by atoms with Gasteiger partial charge in [0.25, 0.3) is 0 Å².